The molecular formula is C8H13N3O. The zero-order valence-electron chi connectivity index (χ0n) is 6.92. The first-order chi connectivity index (χ1) is 5.84. The Balaban J connectivity index is 1.94. The van der Waals surface area contributed by atoms with E-state index < -0.39 is 0 Å². The van der Waals surface area contributed by atoms with Gasteiger partial charge < -0.3 is 15.6 Å². The first kappa shape index (κ1) is 7.61. The van der Waals surface area contributed by atoms with Gasteiger partial charge in [-0.15, -0.1) is 0 Å². The summed E-state index contributed by atoms with van der Waals surface area (Å²) in [6, 6.07) is 2.36. The van der Waals surface area contributed by atoms with Crippen LogP contribution < -0.4 is 11.1 Å². The van der Waals surface area contributed by atoms with Crippen LogP contribution in [0.1, 0.15) is 18.5 Å². The molecule has 1 saturated heterocycles. The molecule has 12 heavy (non-hydrogen) atoms. The summed E-state index contributed by atoms with van der Waals surface area (Å²) in [6.07, 6.45) is 3.42. The van der Waals surface area contributed by atoms with Gasteiger partial charge in [0.2, 0.25) is 5.88 Å². The van der Waals surface area contributed by atoms with Crippen molar-refractivity contribution in [3.05, 3.63) is 11.8 Å². The maximum Gasteiger partial charge on any atom is 0.222 e. The second kappa shape index (κ2) is 3.15. The molecule has 0 radical (unpaired) electrons. The summed E-state index contributed by atoms with van der Waals surface area (Å²) < 4.78 is 4.77. The van der Waals surface area contributed by atoms with Crippen molar-refractivity contribution in [1.82, 2.24) is 10.5 Å². The molecule has 0 aromatic carbocycles. The molecule has 1 atom stereocenters. The predicted octanol–water partition coefficient (Wildman–Crippen LogP) is 0.551. The molecule has 1 aliphatic rings. The van der Waals surface area contributed by atoms with E-state index in [9.17, 15) is 0 Å². The van der Waals surface area contributed by atoms with Gasteiger partial charge in [-0.1, -0.05) is 5.16 Å². The highest BCUT2D eigenvalue weighted by Gasteiger charge is 2.15. The second-order valence-electron chi connectivity index (χ2n) is 3.22. The minimum absolute atomic E-state index is 0.406. The largest absolute Gasteiger partial charge is 0.368 e. The molecule has 4 nitrogen and oxygen atoms in total. The van der Waals surface area contributed by atoms with E-state index in [1.807, 2.05) is 0 Å². The van der Waals surface area contributed by atoms with Crippen LogP contribution in [0.2, 0.25) is 0 Å². The summed E-state index contributed by atoms with van der Waals surface area (Å²) in [4.78, 5) is 0. The molecule has 1 unspecified atom stereocenters. The fourth-order valence-corrected chi connectivity index (χ4v) is 1.61. The van der Waals surface area contributed by atoms with Gasteiger partial charge in [0, 0.05) is 18.5 Å². The standard InChI is InChI=1S/C8H13N3O/c9-8-5-7(11-12-8)4-6-2-1-3-10-6/h5-6,10H,1-4,9H2. The maximum atomic E-state index is 5.40. The fourth-order valence-electron chi connectivity index (χ4n) is 1.61. The summed E-state index contributed by atoms with van der Waals surface area (Å²) in [6.45, 7) is 1.12. The average molecular weight is 167 g/mol. The van der Waals surface area contributed by atoms with Crippen LogP contribution in [0.25, 0.3) is 0 Å². The van der Waals surface area contributed by atoms with Gasteiger partial charge >= 0.3 is 0 Å². The van der Waals surface area contributed by atoms with Crippen molar-refractivity contribution in [1.29, 1.82) is 0 Å². The van der Waals surface area contributed by atoms with Crippen LogP contribution in [0, 0.1) is 0 Å². The normalized spacial score (nSPS) is 23.2. The van der Waals surface area contributed by atoms with Crippen LogP contribution in [0.5, 0.6) is 0 Å². The number of rotatable bonds is 2. The van der Waals surface area contributed by atoms with Gasteiger partial charge in [0.15, 0.2) is 0 Å². The molecule has 0 bridgehead atoms. The topological polar surface area (TPSA) is 64.1 Å². The molecule has 4 heteroatoms. The lowest BCUT2D eigenvalue weighted by Gasteiger charge is -2.05. The molecule has 1 aliphatic heterocycles. The van der Waals surface area contributed by atoms with Gasteiger partial charge in [-0.05, 0) is 19.4 Å². The third-order valence-electron chi connectivity index (χ3n) is 2.20. The van der Waals surface area contributed by atoms with Crippen molar-refractivity contribution in [3.63, 3.8) is 0 Å². The van der Waals surface area contributed by atoms with Crippen LogP contribution >= 0.6 is 0 Å². The van der Waals surface area contributed by atoms with Crippen LogP contribution in [0.3, 0.4) is 0 Å². The number of hydrogen-bond acceptors (Lipinski definition) is 4. The lowest BCUT2D eigenvalue weighted by Crippen LogP contribution is -2.23. The summed E-state index contributed by atoms with van der Waals surface area (Å²) in [5.74, 6) is 0.406. The zero-order chi connectivity index (χ0) is 8.39. The quantitative estimate of drug-likeness (QED) is 0.675. The van der Waals surface area contributed by atoms with Crippen LogP contribution in [0.15, 0.2) is 10.6 Å². The second-order valence-corrected chi connectivity index (χ2v) is 3.22. The molecule has 2 rings (SSSR count). The lowest BCUT2D eigenvalue weighted by atomic mass is 10.1. The average Bonchev–Trinajstić information content (AvgIpc) is 2.63. The van der Waals surface area contributed by atoms with E-state index in [0.29, 0.717) is 11.9 Å². The molecular weight excluding hydrogens is 154 g/mol. The smallest absolute Gasteiger partial charge is 0.222 e. The number of nitrogens with one attached hydrogen (secondary N) is 1. The molecule has 1 aromatic heterocycles. The van der Waals surface area contributed by atoms with E-state index in [2.05, 4.69) is 10.5 Å². The number of aromatic nitrogens is 1. The summed E-state index contributed by atoms with van der Waals surface area (Å²) in [7, 11) is 0. The van der Waals surface area contributed by atoms with Gasteiger partial charge in [-0.3, -0.25) is 0 Å². The Labute approximate surface area is 71.1 Å². The van der Waals surface area contributed by atoms with Crippen molar-refractivity contribution in [3.8, 4) is 0 Å². The Morgan fingerprint density at radius 3 is 3.25 bits per heavy atom. The minimum Gasteiger partial charge on any atom is -0.368 e. The van der Waals surface area contributed by atoms with Crippen LogP contribution in [-0.2, 0) is 6.42 Å². The van der Waals surface area contributed by atoms with Gasteiger partial charge in [-0.25, -0.2) is 0 Å². The number of anilines is 1. The van der Waals surface area contributed by atoms with Gasteiger partial charge in [0.05, 0.1) is 5.69 Å². The van der Waals surface area contributed by atoms with Crippen molar-refractivity contribution in [2.24, 2.45) is 0 Å². The van der Waals surface area contributed by atoms with E-state index in [1.165, 1.54) is 12.8 Å². The highest BCUT2D eigenvalue weighted by Crippen LogP contribution is 2.12. The fraction of sp³-hybridized carbons (Fsp3) is 0.625. The Morgan fingerprint density at radius 2 is 2.67 bits per heavy atom. The van der Waals surface area contributed by atoms with Gasteiger partial charge in [0.25, 0.3) is 0 Å². The number of nitrogens with two attached hydrogens (primary N) is 1. The van der Waals surface area contributed by atoms with E-state index >= 15 is 0 Å². The zero-order valence-corrected chi connectivity index (χ0v) is 6.92. The lowest BCUT2D eigenvalue weighted by molar-refractivity contribution is 0.422. The molecule has 2 heterocycles. The van der Waals surface area contributed by atoms with Crippen LogP contribution in [0.4, 0.5) is 5.88 Å². The van der Waals surface area contributed by atoms with Crippen molar-refractivity contribution < 1.29 is 4.52 Å². The Morgan fingerprint density at radius 1 is 1.75 bits per heavy atom. The van der Waals surface area contributed by atoms with E-state index in [0.717, 1.165) is 18.7 Å². The van der Waals surface area contributed by atoms with E-state index in [4.69, 9.17) is 10.3 Å². The molecule has 1 aromatic rings. The van der Waals surface area contributed by atoms with E-state index in [1.54, 1.807) is 6.07 Å². The van der Waals surface area contributed by atoms with Crippen molar-refractivity contribution in [2.45, 2.75) is 25.3 Å². The molecule has 0 amide bonds. The monoisotopic (exact) mass is 167 g/mol. The number of nitrogens with zero attached hydrogens (tertiary/aromatic N) is 1. The predicted molar refractivity (Wildman–Crippen MR) is 45.6 cm³/mol. The maximum absolute atomic E-state index is 5.40. The van der Waals surface area contributed by atoms with Crippen molar-refractivity contribution >= 4 is 5.88 Å². The molecule has 0 saturated carbocycles. The van der Waals surface area contributed by atoms with E-state index in [-0.39, 0.29) is 0 Å². The van der Waals surface area contributed by atoms with Crippen LogP contribution in [-0.4, -0.2) is 17.7 Å². The molecule has 0 spiro atoms. The highest BCUT2D eigenvalue weighted by molar-refractivity contribution is 5.24. The summed E-state index contributed by atoms with van der Waals surface area (Å²) in [5.41, 5.74) is 6.35. The number of hydrogen-bond donors (Lipinski definition) is 2. The van der Waals surface area contributed by atoms with Gasteiger partial charge in [-0.2, -0.15) is 0 Å². The minimum atomic E-state index is 0.406. The molecule has 1 fully saturated rings. The van der Waals surface area contributed by atoms with Crippen molar-refractivity contribution in [2.75, 3.05) is 12.3 Å². The molecule has 66 valence electrons. The summed E-state index contributed by atoms with van der Waals surface area (Å²) in [5, 5.41) is 7.23. The Kier molecular flexibility index (Phi) is 1.99. The first-order valence-electron chi connectivity index (χ1n) is 4.29. The molecule has 0 aliphatic carbocycles. The first-order valence-corrected chi connectivity index (χ1v) is 4.29. The number of nitrogen functional groups attached to an aromatic ring is 1. The molecule has 3 N–H and O–H groups in total. The van der Waals surface area contributed by atoms with Gasteiger partial charge in [0.1, 0.15) is 0 Å². The summed E-state index contributed by atoms with van der Waals surface area (Å²) >= 11 is 0. The Bertz CT molecular complexity index is 253. The highest BCUT2D eigenvalue weighted by atomic mass is 16.5. The Hall–Kier alpha value is -1.03. The third-order valence-corrected chi connectivity index (χ3v) is 2.20. The third kappa shape index (κ3) is 1.58. The SMILES string of the molecule is Nc1cc(CC2CCCN2)no1.